The molecule has 1 aromatic rings. The molecule has 1 aliphatic rings. The van der Waals surface area contributed by atoms with Gasteiger partial charge >= 0.3 is 0 Å². The fourth-order valence-corrected chi connectivity index (χ4v) is 1.66. The van der Waals surface area contributed by atoms with E-state index >= 15 is 0 Å². The van der Waals surface area contributed by atoms with E-state index in [1.165, 1.54) is 0 Å². The SMILES string of the molecule is CCN(C)C(=O)c1cccn(C2CC2)c1=O. The predicted octanol–water partition coefficient (Wildman–Crippen LogP) is 1.28. The Bertz CT molecular complexity index is 460. The Morgan fingerprint density at radius 3 is 2.81 bits per heavy atom. The topological polar surface area (TPSA) is 42.3 Å². The molecule has 1 saturated carbocycles. The van der Waals surface area contributed by atoms with Crippen LogP contribution in [0.5, 0.6) is 0 Å². The van der Waals surface area contributed by atoms with Crippen LogP contribution in [0.4, 0.5) is 0 Å². The second-order valence-corrected chi connectivity index (χ2v) is 4.18. The third-order valence-corrected chi connectivity index (χ3v) is 2.97. The van der Waals surface area contributed by atoms with Crippen LogP contribution in [-0.4, -0.2) is 29.0 Å². The van der Waals surface area contributed by atoms with Gasteiger partial charge in [-0.05, 0) is 31.9 Å². The Morgan fingerprint density at radius 1 is 1.56 bits per heavy atom. The monoisotopic (exact) mass is 220 g/mol. The van der Waals surface area contributed by atoms with E-state index in [0.717, 1.165) is 12.8 Å². The Morgan fingerprint density at radius 2 is 2.25 bits per heavy atom. The molecule has 1 amide bonds. The van der Waals surface area contributed by atoms with Crippen molar-refractivity contribution in [3.63, 3.8) is 0 Å². The van der Waals surface area contributed by atoms with Gasteiger partial charge in [0.15, 0.2) is 0 Å². The summed E-state index contributed by atoms with van der Waals surface area (Å²) in [5.41, 5.74) is 0.119. The van der Waals surface area contributed by atoms with Crippen molar-refractivity contribution in [1.82, 2.24) is 9.47 Å². The molecule has 1 heterocycles. The van der Waals surface area contributed by atoms with Crippen LogP contribution in [0.2, 0.25) is 0 Å². The van der Waals surface area contributed by atoms with Crippen molar-refractivity contribution in [3.8, 4) is 0 Å². The van der Waals surface area contributed by atoms with Crippen LogP contribution < -0.4 is 5.56 Å². The largest absolute Gasteiger partial charge is 0.342 e. The Labute approximate surface area is 94.5 Å². The molecule has 4 heteroatoms. The molecule has 1 fully saturated rings. The number of amides is 1. The van der Waals surface area contributed by atoms with Crippen molar-refractivity contribution >= 4 is 5.91 Å². The van der Waals surface area contributed by atoms with Gasteiger partial charge in [-0.25, -0.2) is 0 Å². The Hall–Kier alpha value is -1.58. The minimum atomic E-state index is -0.192. The minimum Gasteiger partial charge on any atom is -0.342 e. The third-order valence-electron chi connectivity index (χ3n) is 2.97. The number of carbonyl (C=O) groups is 1. The quantitative estimate of drug-likeness (QED) is 0.770. The highest BCUT2D eigenvalue weighted by Gasteiger charge is 2.26. The molecule has 0 aliphatic heterocycles. The molecular formula is C12H16N2O2. The summed E-state index contributed by atoms with van der Waals surface area (Å²) in [6.07, 6.45) is 3.85. The highest BCUT2D eigenvalue weighted by Crippen LogP contribution is 2.33. The molecule has 1 aromatic heterocycles. The van der Waals surface area contributed by atoms with Crippen LogP contribution >= 0.6 is 0 Å². The van der Waals surface area contributed by atoms with Crippen LogP contribution in [0, 0.1) is 0 Å². The van der Waals surface area contributed by atoms with Gasteiger partial charge < -0.3 is 9.47 Å². The zero-order chi connectivity index (χ0) is 11.7. The van der Waals surface area contributed by atoms with E-state index in [2.05, 4.69) is 0 Å². The first kappa shape index (κ1) is 10.9. The maximum atomic E-state index is 12.0. The second-order valence-electron chi connectivity index (χ2n) is 4.18. The maximum absolute atomic E-state index is 12.0. The number of carbonyl (C=O) groups excluding carboxylic acids is 1. The van der Waals surface area contributed by atoms with Gasteiger partial charge in [0.05, 0.1) is 0 Å². The molecule has 0 spiro atoms. The number of hydrogen-bond acceptors (Lipinski definition) is 2. The molecule has 1 aliphatic carbocycles. The maximum Gasteiger partial charge on any atom is 0.263 e. The molecule has 16 heavy (non-hydrogen) atoms. The predicted molar refractivity (Wildman–Crippen MR) is 61.6 cm³/mol. The number of aromatic nitrogens is 1. The van der Waals surface area contributed by atoms with E-state index in [1.54, 1.807) is 34.8 Å². The fraction of sp³-hybridized carbons (Fsp3) is 0.500. The van der Waals surface area contributed by atoms with Crippen molar-refractivity contribution in [2.24, 2.45) is 0 Å². The van der Waals surface area contributed by atoms with Gasteiger partial charge in [0.25, 0.3) is 11.5 Å². The average molecular weight is 220 g/mol. The molecule has 2 rings (SSSR count). The average Bonchev–Trinajstić information content (AvgIpc) is 3.11. The van der Waals surface area contributed by atoms with E-state index in [-0.39, 0.29) is 17.0 Å². The summed E-state index contributed by atoms with van der Waals surface area (Å²) >= 11 is 0. The Kier molecular flexibility index (Phi) is 2.81. The van der Waals surface area contributed by atoms with Crippen molar-refractivity contribution in [1.29, 1.82) is 0 Å². The molecule has 0 unspecified atom stereocenters. The van der Waals surface area contributed by atoms with Gasteiger partial charge in [-0.3, -0.25) is 9.59 Å². The highest BCUT2D eigenvalue weighted by molar-refractivity contribution is 5.93. The van der Waals surface area contributed by atoms with E-state index in [1.807, 2.05) is 6.92 Å². The first-order valence-corrected chi connectivity index (χ1v) is 5.61. The number of pyridine rings is 1. The van der Waals surface area contributed by atoms with E-state index in [9.17, 15) is 9.59 Å². The summed E-state index contributed by atoms with van der Waals surface area (Å²) in [7, 11) is 1.70. The van der Waals surface area contributed by atoms with Crippen molar-refractivity contribution in [2.75, 3.05) is 13.6 Å². The standard InChI is InChI=1S/C12H16N2O2/c1-3-13(2)11(15)10-5-4-8-14(12(10)16)9-6-7-9/h4-5,8-9H,3,6-7H2,1-2H3. The van der Waals surface area contributed by atoms with Crippen LogP contribution in [0.1, 0.15) is 36.2 Å². The Balaban J connectivity index is 2.38. The molecule has 0 bridgehead atoms. The summed E-state index contributed by atoms with van der Waals surface area (Å²) in [5.74, 6) is -0.192. The second kappa shape index (κ2) is 4.12. The first-order chi connectivity index (χ1) is 7.65. The number of nitrogens with zero attached hydrogens (tertiary/aromatic N) is 2. The fourth-order valence-electron chi connectivity index (χ4n) is 1.66. The number of hydrogen-bond donors (Lipinski definition) is 0. The minimum absolute atomic E-state index is 0.157. The molecule has 4 nitrogen and oxygen atoms in total. The van der Waals surface area contributed by atoms with Gasteiger partial charge in [0, 0.05) is 25.8 Å². The molecule has 0 radical (unpaired) electrons. The van der Waals surface area contributed by atoms with Crippen molar-refractivity contribution in [3.05, 3.63) is 34.2 Å². The zero-order valence-corrected chi connectivity index (χ0v) is 9.64. The van der Waals surface area contributed by atoms with E-state index in [4.69, 9.17) is 0 Å². The molecular weight excluding hydrogens is 204 g/mol. The van der Waals surface area contributed by atoms with Gasteiger partial charge in [-0.1, -0.05) is 0 Å². The van der Waals surface area contributed by atoms with Crippen molar-refractivity contribution < 1.29 is 4.79 Å². The van der Waals surface area contributed by atoms with Gasteiger partial charge in [0.1, 0.15) is 5.56 Å². The van der Waals surface area contributed by atoms with Gasteiger partial charge in [-0.15, -0.1) is 0 Å². The van der Waals surface area contributed by atoms with E-state index in [0.29, 0.717) is 12.6 Å². The number of rotatable bonds is 3. The van der Waals surface area contributed by atoms with Gasteiger partial charge in [-0.2, -0.15) is 0 Å². The molecule has 0 N–H and O–H groups in total. The summed E-state index contributed by atoms with van der Waals surface area (Å²) in [6, 6.07) is 3.69. The van der Waals surface area contributed by atoms with Crippen LogP contribution in [0.25, 0.3) is 0 Å². The van der Waals surface area contributed by atoms with Crippen LogP contribution in [0.3, 0.4) is 0 Å². The van der Waals surface area contributed by atoms with Crippen LogP contribution in [0.15, 0.2) is 23.1 Å². The lowest BCUT2D eigenvalue weighted by atomic mass is 10.2. The molecule has 0 saturated heterocycles. The van der Waals surface area contributed by atoms with Gasteiger partial charge in [0.2, 0.25) is 0 Å². The summed E-state index contributed by atoms with van der Waals surface area (Å²) in [4.78, 5) is 25.5. The zero-order valence-electron chi connectivity index (χ0n) is 9.64. The lowest BCUT2D eigenvalue weighted by Gasteiger charge is -2.14. The molecule has 0 atom stereocenters. The van der Waals surface area contributed by atoms with E-state index < -0.39 is 0 Å². The third kappa shape index (κ3) is 1.87. The lowest BCUT2D eigenvalue weighted by Crippen LogP contribution is -2.33. The lowest BCUT2D eigenvalue weighted by molar-refractivity contribution is 0.0800. The highest BCUT2D eigenvalue weighted by atomic mass is 16.2. The summed E-state index contributed by atoms with van der Waals surface area (Å²) < 4.78 is 1.68. The molecule has 0 aromatic carbocycles. The van der Waals surface area contributed by atoms with Crippen molar-refractivity contribution in [2.45, 2.75) is 25.8 Å². The molecule has 86 valence electrons. The first-order valence-electron chi connectivity index (χ1n) is 5.61. The summed E-state index contributed by atoms with van der Waals surface area (Å²) in [6.45, 7) is 2.50. The summed E-state index contributed by atoms with van der Waals surface area (Å²) in [5, 5.41) is 0. The smallest absolute Gasteiger partial charge is 0.263 e. The normalized spacial score (nSPS) is 14.9. The van der Waals surface area contributed by atoms with Crippen LogP contribution in [-0.2, 0) is 0 Å².